The number of hydrogen-bond donors (Lipinski definition) is 2. The van der Waals surface area contributed by atoms with Crippen LogP contribution in [0.25, 0.3) is 0 Å². The molecular weight excluding hydrogens is 250 g/mol. The van der Waals surface area contributed by atoms with Crippen LogP contribution in [0, 0.1) is 11.8 Å². The third-order valence-corrected chi connectivity index (χ3v) is 5.22. The Balaban J connectivity index is 2.16. The number of hydrogen-bond acceptors (Lipinski definition) is 3. The molecule has 1 heterocycles. The van der Waals surface area contributed by atoms with Gasteiger partial charge in [-0.1, -0.05) is 6.92 Å². The van der Waals surface area contributed by atoms with E-state index in [1.807, 2.05) is 0 Å². The predicted molar refractivity (Wildman–Crippen MR) is 82.4 cm³/mol. The lowest BCUT2D eigenvalue weighted by Gasteiger charge is -2.44. The second-order valence-corrected chi connectivity index (χ2v) is 7.24. The molecule has 0 radical (unpaired) electrons. The van der Waals surface area contributed by atoms with Crippen molar-refractivity contribution in [3.8, 4) is 0 Å². The molecule has 116 valence electrons. The van der Waals surface area contributed by atoms with Gasteiger partial charge in [0.25, 0.3) is 0 Å². The Morgan fingerprint density at radius 2 is 2.00 bits per heavy atom. The smallest absolute Gasteiger partial charge is 0.239 e. The Hall–Kier alpha value is -0.610. The molecule has 3 N–H and O–H groups in total. The molecule has 1 saturated heterocycles. The third kappa shape index (κ3) is 3.17. The number of primary amides is 1. The summed E-state index contributed by atoms with van der Waals surface area (Å²) in [4.78, 5) is 14.7. The van der Waals surface area contributed by atoms with Crippen molar-refractivity contribution in [2.75, 3.05) is 13.1 Å². The lowest BCUT2D eigenvalue weighted by molar-refractivity contribution is -0.127. The highest BCUT2D eigenvalue weighted by atomic mass is 16.1. The maximum atomic E-state index is 12.2. The average Bonchev–Trinajstić information content (AvgIpc) is 3.17. The van der Waals surface area contributed by atoms with Crippen molar-refractivity contribution < 1.29 is 4.79 Å². The molecule has 3 atom stereocenters. The van der Waals surface area contributed by atoms with E-state index in [-0.39, 0.29) is 11.9 Å². The molecule has 4 nitrogen and oxygen atoms in total. The SMILES string of the molecule is CC(C)NC(CN1CCCC(C)C1C)(C(N)=O)C1CC1. The number of nitrogens with zero attached hydrogens (tertiary/aromatic N) is 1. The number of carbonyl (C=O) groups is 1. The number of nitrogens with one attached hydrogen (secondary N) is 1. The van der Waals surface area contributed by atoms with Crippen LogP contribution in [-0.2, 0) is 4.79 Å². The summed E-state index contributed by atoms with van der Waals surface area (Å²) in [5.74, 6) is 0.957. The number of carbonyl (C=O) groups excluding carboxylic acids is 1. The van der Waals surface area contributed by atoms with Crippen molar-refractivity contribution in [3.63, 3.8) is 0 Å². The van der Waals surface area contributed by atoms with Crippen LogP contribution >= 0.6 is 0 Å². The summed E-state index contributed by atoms with van der Waals surface area (Å²) in [6, 6.07) is 0.816. The van der Waals surface area contributed by atoms with E-state index in [2.05, 4.69) is 37.9 Å². The van der Waals surface area contributed by atoms with Crippen molar-refractivity contribution in [3.05, 3.63) is 0 Å². The maximum absolute atomic E-state index is 12.2. The largest absolute Gasteiger partial charge is 0.368 e. The van der Waals surface area contributed by atoms with Gasteiger partial charge in [-0.2, -0.15) is 0 Å². The zero-order valence-corrected chi connectivity index (χ0v) is 13.5. The monoisotopic (exact) mass is 281 g/mol. The zero-order valence-electron chi connectivity index (χ0n) is 13.5. The first-order valence-corrected chi connectivity index (χ1v) is 8.18. The van der Waals surface area contributed by atoms with E-state index in [4.69, 9.17) is 5.73 Å². The molecule has 20 heavy (non-hydrogen) atoms. The molecule has 0 aromatic rings. The summed E-state index contributed by atoms with van der Waals surface area (Å²) in [5.41, 5.74) is 5.30. The Kier molecular flexibility index (Phi) is 4.75. The number of piperidine rings is 1. The van der Waals surface area contributed by atoms with Crippen LogP contribution in [0.2, 0.25) is 0 Å². The Bertz CT molecular complexity index is 354. The van der Waals surface area contributed by atoms with E-state index >= 15 is 0 Å². The molecule has 0 spiro atoms. The second kappa shape index (κ2) is 6.02. The van der Waals surface area contributed by atoms with Gasteiger partial charge in [-0.25, -0.2) is 0 Å². The minimum atomic E-state index is -0.528. The summed E-state index contributed by atoms with van der Waals surface area (Å²) >= 11 is 0. The molecule has 0 aromatic carbocycles. The van der Waals surface area contributed by atoms with Gasteiger partial charge in [-0.05, 0) is 64.8 Å². The first-order chi connectivity index (χ1) is 9.36. The fraction of sp³-hybridized carbons (Fsp3) is 0.938. The summed E-state index contributed by atoms with van der Waals surface area (Å²) in [6.07, 6.45) is 4.77. The van der Waals surface area contributed by atoms with Gasteiger partial charge in [0.15, 0.2) is 0 Å². The van der Waals surface area contributed by atoms with Crippen LogP contribution in [0.1, 0.15) is 53.4 Å². The van der Waals surface area contributed by atoms with Crippen LogP contribution in [0.4, 0.5) is 0 Å². The molecule has 4 heteroatoms. The fourth-order valence-electron chi connectivity index (χ4n) is 3.70. The second-order valence-electron chi connectivity index (χ2n) is 7.24. The summed E-state index contributed by atoms with van der Waals surface area (Å²) in [5, 5.41) is 3.52. The number of rotatable bonds is 6. The Morgan fingerprint density at radius 1 is 1.35 bits per heavy atom. The quantitative estimate of drug-likeness (QED) is 0.779. The molecule has 1 aliphatic heterocycles. The molecule has 2 aliphatic rings. The number of likely N-dealkylation sites (tertiary alicyclic amines) is 1. The van der Waals surface area contributed by atoms with Crippen LogP contribution in [0.15, 0.2) is 0 Å². The Morgan fingerprint density at radius 3 is 2.50 bits per heavy atom. The van der Waals surface area contributed by atoms with Crippen molar-refractivity contribution in [1.82, 2.24) is 10.2 Å². The predicted octanol–water partition coefficient (Wildman–Crippen LogP) is 1.74. The summed E-state index contributed by atoms with van der Waals surface area (Å²) in [6.45, 7) is 10.7. The van der Waals surface area contributed by atoms with E-state index < -0.39 is 5.54 Å². The van der Waals surface area contributed by atoms with Crippen LogP contribution in [0.5, 0.6) is 0 Å². The van der Waals surface area contributed by atoms with Crippen molar-refractivity contribution >= 4 is 5.91 Å². The molecular formula is C16H31N3O. The maximum Gasteiger partial charge on any atom is 0.239 e. The van der Waals surface area contributed by atoms with E-state index in [9.17, 15) is 4.79 Å². The lowest BCUT2D eigenvalue weighted by Crippen LogP contribution is -2.66. The van der Waals surface area contributed by atoms with E-state index in [0.29, 0.717) is 17.9 Å². The van der Waals surface area contributed by atoms with Gasteiger partial charge in [-0.15, -0.1) is 0 Å². The van der Waals surface area contributed by atoms with Crippen LogP contribution in [0.3, 0.4) is 0 Å². The van der Waals surface area contributed by atoms with Gasteiger partial charge < -0.3 is 5.73 Å². The van der Waals surface area contributed by atoms with Gasteiger partial charge >= 0.3 is 0 Å². The molecule has 3 unspecified atom stereocenters. The summed E-state index contributed by atoms with van der Waals surface area (Å²) < 4.78 is 0. The van der Waals surface area contributed by atoms with Gasteiger partial charge in [-0.3, -0.25) is 15.0 Å². The highest BCUT2D eigenvalue weighted by molar-refractivity contribution is 5.86. The molecule has 0 aromatic heterocycles. The van der Waals surface area contributed by atoms with Crippen LogP contribution in [-0.4, -0.2) is 41.5 Å². The molecule has 1 aliphatic carbocycles. The minimum Gasteiger partial charge on any atom is -0.368 e. The first kappa shape index (κ1) is 15.8. The minimum absolute atomic E-state index is 0.167. The molecule has 1 amide bonds. The van der Waals surface area contributed by atoms with Gasteiger partial charge in [0.1, 0.15) is 5.54 Å². The number of nitrogens with two attached hydrogens (primary N) is 1. The average molecular weight is 281 g/mol. The van der Waals surface area contributed by atoms with Gasteiger partial charge in [0.05, 0.1) is 0 Å². The lowest BCUT2D eigenvalue weighted by atomic mass is 9.86. The highest BCUT2D eigenvalue weighted by Gasteiger charge is 2.51. The van der Waals surface area contributed by atoms with Gasteiger partial charge in [0, 0.05) is 18.6 Å². The topological polar surface area (TPSA) is 58.4 Å². The zero-order chi connectivity index (χ0) is 14.9. The molecule has 0 bridgehead atoms. The van der Waals surface area contributed by atoms with E-state index in [0.717, 1.165) is 25.9 Å². The fourth-order valence-corrected chi connectivity index (χ4v) is 3.70. The van der Waals surface area contributed by atoms with Gasteiger partial charge in [0.2, 0.25) is 5.91 Å². The van der Waals surface area contributed by atoms with Crippen molar-refractivity contribution in [2.45, 2.75) is 71.0 Å². The molecule has 2 rings (SSSR count). The van der Waals surface area contributed by atoms with Crippen molar-refractivity contribution in [2.24, 2.45) is 17.6 Å². The first-order valence-electron chi connectivity index (χ1n) is 8.18. The molecule has 2 fully saturated rings. The number of amides is 1. The van der Waals surface area contributed by atoms with E-state index in [1.165, 1.54) is 12.8 Å². The molecule has 1 saturated carbocycles. The summed E-state index contributed by atoms with van der Waals surface area (Å²) in [7, 11) is 0. The van der Waals surface area contributed by atoms with Crippen molar-refractivity contribution in [1.29, 1.82) is 0 Å². The highest BCUT2D eigenvalue weighted by Crippen LogP contribution is 2.41. The Labute approximate surface area is 123 Å². The van der Waals surface area contributed by atoms with E-state index in [1.54, 1.807) is 0 Å². The normalized spacial score (nSPS) is 31.2. The standard InChI is InChI=1S/C16H31N3O/c1-11(2)18-16(15(17)20,14-7-8-14)10-19-9-5-6-12(3)13(19)4/h11-14,18H,5-10H2,1-4H3,(H2,17,20). The van der Waals surface area contributed by atoms with Crippen LogP contribution < -0.4 is 11.1 Å². The third-order valence-electron chi connectivity index (χ3n) is 5.22.